The van der Waals surface area contributed by atoms with Gasteiger partial charge in [0.2, 0.25) is 0 Å². The number of rotatable bonds is 7. The number of ether oxygens (including phenoxy) is 1. The molecule has 0 radical (unpaired) electrons. The van der Waals surface area contributed by atoms with Gasteiger partial charge >= 0.3 is 0 Å². The predicted molar refractivity (Wildman–Crippen MR) is 94.5 cm³/mol. The fourth-order valence-electron chi connectivity index (χ4n) is 1.80. The Morgan fingerprint density at radius 1 is 1.12 bits per heavy atom. The van der Waals surface area contributed by atoms with Gasteiger partial charge < -0.3 is 9.64 Å². The van der Waals surface area contributed by atoms with Gasteiger partial charge in [0, 0.05) is 26.5 Å². The summed E-state index contributed by atoms with van der Waals surface area (Å²) in [5.74, 6) is 0.149. The highest BCUT2D eigenvalue weighted by atomic mass is 16.5. The number of amides is 2. The molecule has 2 rings (SSSR count). The van der Waals surface area contributed by atoms with Crippen LogP contribution in [-0.2, 0) is 4.79 Å². The Bertz CT molecular complexity index is 743. The number of nitrogens with one attached hydrogen (secondary N) is 2. The first-order valence-electron chi connectivity index (χ1n) is 7.56. The van der Waals surface area contributed by atoms with Crippen LogP contribution in [-0.4, -0.2) is 42.4 Å². The first-order chi connectivity index (χ1) is 12.0. The van der Waals surface area contributed by atoms with Crippen LogP contribution < -0.4 is 15.6 Å². The number of likely N-dealkylation sites (N-methyl/N-ethyl adjacent to an activating group) is 1. The molecule has 130 valence electrons. The second-order valence-corrected chi connectivity index (χ2v) is 5.40. The lowest BCUT2D eigenvalue weighted by atomic mass is 10.2. The molecule has 7 heteroatoms. The molecule has 1 heterocycles. The summed E-state index contributed by atoms with van der Waals surface area (Å²) in [4.78, 5) is 28.8. The van der Waals surface area contributed by atoms with Gasteiger partial charge in [-0.15, -0.1) is 0 Å². The van der Waals surface area contributed by atoms with E-state index < -0.39 is 0 Å². The molecule has 0 aliphatic heterocycles. The highest BCUT2D eigenvalue weighted by Gasteiger charge is 2.07. The molecule has 0 bridgehead atoms. The van der Waals surface area contributed by atoms with Crippen LogP contribution in [0.4, 0.5) is 0 Å². The minimum atomic E-state index is -0.309. The number of pyridine rings is 1. The molecule has 0 aliphatic rings. The Balaban J connectivity index is 1.86. The van der Waals surface area contributed by atoms with Crippen molar-refractivity contribution in [2.45, 2.75) is 0 Å². The van der Waals surface area contributed by atoms with E-state index in [9.17, 15) is 9.59 Å². The number of carbonyl (C=O) groups excluding carboxylic acids is 2. The fraction of sp³-hybridized carbons (Fsp3) is 0.167. The van der Waals surface area contributed by atoms with E-state index in [0.29, 0.717) is 17.0 Å². The molecule has 0 fully saturated rings. The van der Waals surface area contributed by atoms with Crippen LogP contribution in [0.1, 0.15) is 15.9 Å². The van der Waals surface area contributed by atoms with Gasteiger partial charge in [-0.25, -0.2) is 0 Å². The lowest BCUT2D eigenvalue weighted by Gasteiger charge is -2.13. The monoisotopic (exact) mass is 340 g/mol. The van der Waals surface area contributed by atoms with Crippen LogP contribution in [0.2, 0.25) is 0 Å². The van der Waals surface area contributed by atoms with Crippen LogP contribution in [0.15, 0.2) is 55.4 Å². The molecule has 25 heavy (non-hydrogen) atoms. The van der Waals surface area contributed by atoms with Gasteiger partial charge in [-0.05, 0) is 42.0 Å². The molecular formula is C18H20N4O3. The molecule has 7 nitrogen and oxygen atoms in total. The van der Waals surface area contributed by atoms with Crippen LogP contribution in [0, 0.1) is 0 Å². The minimum Gasteiger partial charge on any atom is -0.484 e. The normalized spacial score (nSPS) is 9.84. The number of hydrazine groups is 1. The van der Waals surface area contributed by atoms with E-state index in [-0.39, 0.29) is 18.4 Å². The average molecular weight is 340 g/mol. The van der Waals surface area contributed by atoms with Gasteiger partial charge in [-0.1, -0.05) is 6.58 Å². The summed E-state index contributed by atoms with van der Waals surface area (Å²) < 4.78 is 5.40. The summed E-state index contributed by atoms with van der Waals surface area (Å²) in [6.45, 7) is 3.85. The van der Waals surface area contributed by atoms with Crippen molar-refractivity contribution < 1.29 is 14.3 Å². The lowest BCUT2D eigenvalue weighted by Crippen LogP contribution is -2.35. The van der Waals surface area contributed by atoms with Crippen LogP contribution >= 0.6 is 0 Å². The van der Waals surface area contributed by atoms with Gasteiger partial charge in [0.05, 0.1) is 11.3 Å². The molecule has 1 aromatic carbocycles. The first kappa shape index (κ1) is 18.0. The molecule has 0 unspecified atom stereocenters. The van der Waals surface area contributed by atoms with E-state index in [0.717, 1.165) is 5.56 Å². The largest absolute Gasteiger partial charge is 0.484 e. The highest BCUT2D eigenvalue weighted by Crippen LogP contribution is 2.16. The summed E-state index contributed by atoms with van der Waals surface area (Å²) in [6.07, 6.45) is 3.07. The summed E-state index contributed by atoms with van der Waals surface area (Å²) in [6, 6.07) is 10.4. The topological polar surface area (TPSA) is 83.6 Å². The molecule has 0 saturated heterocycles. The maximum absolute atomic E-state index is 11.9. The molecule has 2 N–H and O–H groups in total. The van der Waals surface area contributed by atoms with Crippen molar-refractivity contribution in [3.8, 4) is 5.75 Å². The maximum Gasteiger partial charge on any atom is 0.271 e. The zero-order valence-corrected chi connectivity index (χ0v) is 14.2. The number of benzene rings is 1. The van der Waals surface area contributed by atoms with Crippen molar-refractivity contribution in [1.82, 2.24) is 20.7 Å². The average Bonchev–Trinajstić information content (AvgIpc) is 2.64. The van der Waals surface area contributed by atoms with Crippen molar-refractivity contribution in [2.75, 3.05) is 20.7 Å². The van der Waals surface area contributed by atoms with Crippen molar-refractivity contribution in [1.29, 1.82) is 0 Å². The molecule has 0 aliphatic carbocycles. The van der Waals surface area contributed by atoms with Gasteiger partial charge in [0.15, 0.2) is 6.61 Å². The molecule has 1 aromatic heterocycles. The number of hydrogen-bond donors (Lipinski definition) is 2. The van der Waals surface area contributed by atoms with Crippen molar-refractivity contribution in [2.24, 2.45) is 0 Å². The Morgan fingerprint density at radius 3 is 2.44 bits per heavy atom. The Morgan fingerprint density at radius 2 is 1.84 bits per heavy atom. The highest BCUT2D eigenvalue weighted by molar-refractivity contribution is 5.94. The number of carbonyl (C=O) groups is 2. The maximum atomic E-state index is 11.9. The van der Waals surface area contributed by atoms with Crippen molar-refractivity contribution in [3.05, 3.63) is 66.5 Å². The van der Waals surface area contributed by atoms with Gasteiger partial charge in [0.1, 0.15) is 5.75 Å². The number of hydrogen-bond acceptors (Lipinski definition) is 5. The van der Waals surface area contributed by atoms with Crippen LogP contribution in [0.3, 0.4) is 0 Å². The minimum absolute atomic E-state index is 0.0211. The molecule has 0 atom stereocenters. The second kappa shape index (κ2) is 8.49. The van der Waals surface area contributed by atoms with Crippen LogP contribution in [0.25, 0.3) is 5.70 Å². The van der Waals surface area contributed by atoms with Crippen molar-refractivity contribution in [3.63, 3.8) is 0 Å². The van der Waals surface area contributed by atoms with Crippen LogP contribution in [0.5, 0.6) is 5.75 Å². The second-order valence-electron chi connectivity index (χ2n) is 5.40. The summed E-state index contributed by atoms with van der Waals surface area (Å²) in [7, 11) is 3.34. The predicted octanol–water partition coefficient (Wildman–Crippen LogP) is 1.45. The van der Waals surface area contributed by atoms with Gasteiger partial charge in [-0.2, -0.15) is 0 Å². The van der Waals surface area contributed by atoms with E-state index in [1.807, 2.05) is 0 Å². The van der Waals surface area contributed by atoms with E-state index in [1.165, 1.54) is 11.1 Å². The Kier molecular flexibility index (Phi) is 6.11. The third-order valence-corrected chi connectivity index (χ3v) is 3.31. The molecular weight excluding hydrogens is 320 g/mol. The van der Waals surface area contributed by atoms with E-state index >= 15 is 0 Å². The smallest absolute Gasteiger partial charge is 0.271 e. The van der Waals surface area contributed by atoms with Gasteiger partial charge in [-0.3, -0.25) is 25.4 Å². The molecule has 2 amide bonds. The van der Waals surface area contributed by atoms with E-state index in [2.05, 4.69) is 22.4 Å². The third kappa shape index (κ3) is 5.35. The molecule has 0 saturated carbocycles. The zero-order valence-electron chi connectivity index (χ0n) is 14.2. The molecule has 0 spiro atoms. The Labute approximate surface area is 146 Å². The molecule has 2 aromatic rings. The van der Waals surface area contributed by atoms with E-state index in [4.69, 9.17) is 4.74 Å². The summed E-state index contributed by atoms with van der Waals surface area (Å²) in [5, 5.41) is 0. The van der Waals surface area contributed by atoms with Crippen molar-refractivity contribution >= 4 is 17.5 Å². The summed E-state index contributed by atoms with van der Waals surface area (Å²) >= 11 is 0. The first-order valence-corrected chi connectivity index (χ1v) is 7.56. The lowest BCUT2D eigenvalue weighted by molar-refractivity contribution is -0.130. The zero-order chi connectivity index (χ0) is 18.2. The van der Waals surface area contributed by atoms with E-state index in [1.54, 1.807) is 56.7 Å². The summed E-state index contributed by atoms with van der Waals surface area (Å²) in [5.41, 5.74) is 7.05. The third-order valence-electron chi connectivity index (χ3n) is 3.31. The Hall–Kier alpha value is -3.35. The fourth-order valence-corrected chi connectivity index (χ4v) is 1.80. The quantitative estimate of drug-likeness (QED) is 0.746. The number of aromatic nitrogens is 1. The SMILES string of the molecule is C=C(NNC(=O)c1cccnc1)c1ccc(OCC(=O)N(C)C)cc1. The standard InChI is InChI=1S/C18H20N4O3/c1-13(20-21-18(24)15-5-4-10-19-11-15)14-6-8-16(9-7-14)25-12-17(23)22(2)3/h4-11,20H,1,12H2,2-3H3,(H,21,24). The van der Waals surface area contributed by atoms with Gasteiger partial charge in [0.25, 0.3) is 11.8 Å². The number of nitrogens with zero attached hydrogens (tertiary/aromatic N) is 2.